The van der Waals surface area contributed by atoms with Gasteiger partial charge in [-0.15, -0.1) is 0 Å². The van der Waals surface area contributed by atoms with E-state index in [4.69, 9.17) is 14.2 Å². The van der Waals surface area contributed by atoms with Gasteiger partial charge in [0, 0.05) is 24.3 Å². The van der Waals surface area contributed by atoms with Gasteiger partial charge in [0.25, 0.3) is 11.8 Å². The monoisotopic (exact) mass is 402 g/mol. The van der Waals surface area contributed by atoms with Gasteiger partial charge >= 0.3 is 0 Å². The van der Waals surface area contributed by atoms with Crippen molar-refractivity contribution in [1.29, 1.82) is 0 Å². The molecule has 0 saturated carbocycles. The Balaban J connectivity index is 1.66. The Bertz CT molecular complexity index is 897. The molecule has 1 aliphatic heterocycles. The van der Waals surface area contributed by atoms with Crippen LogP contribution in [0.25, 0.3) is 0 Å². The van der Waals surface area contributed by atoms with E-state index in [0.717, 1.165) is 5.56 Å². The molecule has 2 aromatic carbocycles. The van der Waals surface area contributed by atoms with Gasteiger partial charge in [-0.1, -0.05) is 6.07 Å². The molecule has 1 saturated heterocycles. The molecule has 0 bridgehead atoms. The van der Waals surface area contributed by atoms with E-state index in [1.54, 1.807) is 30.0 Å². The zero-order valence-electron chi connectivity index (χ0n) is 16.4. The SMILES string of the molecule is COc1cc(C(=O)Nc2cc(F)ccc2C)ccc1OCC(=O)N1CCOCC1. The van der Waals surface area contributed by atoms with E-state index in [-0.39, 0.29) is 12.5 Å². The van der Waals surface area contributed by atoms with Crippen LogP contribution in [0.5, 0.6) is 11.5 Å². The molecule has 29 heavy (non-hydrogen) atoms. The van der Waals surface area contributed by atoms with Gasteiger partial charge in [0.15, 0.2) is 18.1 Å². The molecule has 8 heteroatoms. The molecule has 1 N–H and O–H groups in total. The number of hydrogen-bond acceptors (Lipinski definition) is 5. The van der Waals surface area contributed by atoms with Crippen molar-refractivity contribution >= 4 is 17.5 Å². The molecule has 0 aromatic heterocycles. The molecule has 1 heterocycles. The number of anilines is 1. The highest BCUT2D eigenvalue weighted by atomic mass is 19.1. The summed E-state index contributed by atoms with van der Waals surface area (Å²) in [5.41, 5.74) is 1.45. The van der Waals surface area contributed by atoms with Crippen molar-refractivity contribution in [2.24, 2.45) is 0 Å². The average molecular weight is 402 g/mol. The van der Waals surface area contributed by atoms with Crippen LogP contribution < -0.4 is 14.8 Å². The molecule has 2 amide bonds. The van der Waals surface area contributed by atoms with Crippen molar-refractivity contribution in [2.45, 2.75) is 6.92 Å². The largest absolute Gasteiger partial charge is 0.493 e. The van der Waals surface area contributed by atoms with Crippen molar-refractivity contribution < 1.29 is 28.2 Å². The van der Waals surface area contributed by atoms with Crippen LogP contribution in [0.3, 0.4) is 0 Å². The topological polar surface area (TPSA) is 77.1 Å². The van der Waals surface area contributed by atoms with E-state index in [1.165, 1.54) is 25.3 Å². The number of carbonyl (C=O) groups is 2. The molecule has 0 radical (unpaired) electrons. The first-order valence-electron chi connectivity index (χ1n) is 9.22. The van der Waals surface area contributed by atoms with Crippen molar-refractivity contribution in [3.8, 4) is 11.5 Å². The summed E-state index contributed by atoms with van der Waals surface area (Å²) in [7, 11) is 1.45. The number of benzene rings is 2. The summed E-state index contributed by atoms with van der Waals surface area (Å²) in [5, 5.41) is 2.68. The van der Waals surface area contributed by atoms with Gasteiger partial charge in [-0.3, -0.25) is 9.59 Å². The third-order valence-corrected chi connectivity index (χ3v) is 4.59. The first-order valence-corrected chi connectivity index (χ1v) is 9.22. The van der Waals surface area contributed by atoms with E-state index in [9.17, 15) is 14.0 Å². The second-order valence-corrected chi connectivity index (χ2v) is 6.56. The number of amides is 2. The second kappa shape index (κ2) is 9.38. The van der Waals surface area contributed by atoms with Crippen LogP contribution >= 0.6 is 0 Å². The number of hydrogen-bond donors (Lipinski definition) is 1. The fraction of sp³-hybridized carbons (Fsp3) is 0.333. The summed E-state index contributed by atoms with van der Waals surface area (Å²) < 4.78 is 29.5. The summed E-state index contributed by atoms with van der Waals surface area (Å²) in [5.74, 6) is -0.306. The van der Waals surface area contributed by atoms with Crippen molar-refractivity contribution in [1.82, 2.24) is 4.90 Å². The molecule has 0 aliphatic carbocycles. The van der Waals surface area contributed by atoms with E-state index < -0.39 is 11.7 Å². The van der Waals surface area contributed by atoms with Crippen LogP contribution in [0.15, 0.2) is 36.4 Å². The Morgan fingerprint density at radius 3 is 2.62 bits per heavy atom. The Morgan fingerprint density at radius 1 is 1.14 bits per heavy atom. The fourth-order valence-electron chi connectivity index (χ4n) is 2.89. The maximum absolute atomic E-state index is 13.4. The molecule has 154 valence electrons. The van der Waals surface area contributed by atoms with Crippen LogP contribution in [-0.4, -0.2) is 56.7 Å². The number of morpholine rings is 1. The number of aryl methyl sites for hydroxylation is 1. The van der Waals surface area contributed by atoms with Gasteiger partial charge in [-0.05, 0) is 42.8 Å². The highest BCUT2D eigenvalue weighted by molar-refractivity contribution is 6.05. The Kier molecular flexibility index (Phi) is 6.66. The van der Waals surface area contributed by atoms with Crippen LogP contribution in [-0.2, 0) is 9.53 Å². The molecule has 1 aliphatic rings. The number of halogens is 1. The number of nitrogens with one attached hydrogen (secondary N) is 1. The molecule has 0 unspecified atom stereocenters. The summed E-state index contributed by atoms with van der Waals surface area (Å²) in [6, 6.07) is 8.82. The minimum Gasteiger partial charge on any atom is -0.493 e. The van der Waals surface area contributed by atoms with E-state index >= 15 is 0 Å². The minimum absolute atomic E-state index is 0.135. The number of ether oxygens (including phenoxy) is 3. The Morgan fingerprint density at radius 2 is 1.90 bits per heavy atom. The third-order valence-electron chi connectivity index (χ3n) is 4.59. The van der Waals surface area contributed by atoms with Crippen molar-refractivity contribution in [3.05, 3.63) is 53.3 Å². The van der Waals surface area contributed by atoms with Gasteiger partial charge < -0.3 is 24.4 Å². The standard InChI is InChI=1S/C21H23FN2O5/c1-14-3-5-16(22)12-17(14)23-21(26)15-4-6-18(19(11-15)27-2)29-13-20(25)24-7-9-28-10-8-24/h3-6,11-12H,7-10,13H2,1-2H3,(H,23,26). The first kappa shape index (κ1) is 20.6. The number of rotatable bonds is 6. The third kappa shape index (κ3) is 5.23. The molecule has 3 rings (SSSR count). The predicted octanol–water partition coefficient (Wildman–Crippen LogP) is 2.63. The normalized spacial score (nSPS) is 13.7. The lowest BCUT2D eigenvalue weighted by Gasteiger charge is -2.26. The van der Waals surface area contributed by atoms with Crippen LogP contribution in [0.4, 0.5) is 10.1 Å². The van der Waals surface area contributed by atoms with E-state index in [2.05, 4.69) is 5.32 Å². The van der Waals surface area contributed by atoms with Gasteiger partial charge in [-0.2, -0.15) is 0 Å². The van der Waals surface area contributed by atoms with E-state index in [1.807, 2.05) is 0 Å². The average Bonchev–Trinajstić information content (AvgIpc) is 2.75. The predicted molar refractivity (Wildman–Crippen MR) is 105 cm³/mol. The quantitative estimate of drug-likeness (QED) is 0.804. The van der Waals surface area contributed by atoms with Gasteiger partial charge in [-0.25, -0.2) is 4.39 Å². The van der Waals surface area contributed by atoms with Crippen LogP contribution in [0.2, 0.25) is 0 Å². The molecular weight excluding hydrogens is 379 g/mol. The van der Waals surface area contributed by atoms with Gasteiger partial charge in [0.05, 0.1) is 20.3 Å². The van der Waals surface area contributed by atoms with Gasteiger partial charge in [0.2, 0.25) is 0 Å². The lowest BCUT2D eigenvalue weighted by molar-refractivity contribution is -0.137. The molecule has 0 atom stereocenters. The number of nitrogens with zero attached hydrogens (tertiary/aromatic N) is 1. The zero-order valence-corrected chi connectivity index (χ0v) is 16.4. The van der Waals surface area contributed by atoms with Gasteiger partial charge in [0.1, 0.15) is 5.82 Å². The van der Waals surface area contributed by atoms with Crippen LogP contribution in [0, 0.1) is 12.7 Å². The smallest absolute Gasteiger partial charge is 0.260 e. The fourth-order valence-corrected chi connectivity index (χ4v) is 2.89. The molecule has 7 nitrogen and oxygen atoms in total. The Labute approximate surface area is 168 Å². The lowest BCUT2D eigenvalue weighted by atomic mass is 10.1. The van der Waals surface area contributed by atoms with Crippen LogP contribution in [0.1, 0.15) is 15.9 Å². The highest BCUT2D eigenvalue weighted by Gasteiger charge is 2.19. The second-order valence-electron chi connectivity index (χ2n) is 6.56. The maximum Gasteiger partial charge on any atom is 0.260 e. The number of carbonyl (C=O) groups excluding carboxylic acids is 2. The molecular formula is C21H23FN2O5. The summed E-state index contributed by atoms with van der Waals surface area (Å²) >= 11 is 0. The number of methoxy groups -OCH3 is 1. The summed E-state index contributed by atoms with van der Waals surface area (Å²) in [6.45, 7) is 3.76. The lowest BCUT2D eigenvalue weighted by Crippen LogP contribution is -2.43. The van der Waals surface area contributed by atoms with Crippen molar-refractivity contribution in [2.75, 3.05) is 45.3 Å². The summed E-state index contributed by atoms with van der Waals surface area (Å²) in [6.07, 6.45) is 0. The molecule has 2 aromatic rings. The Hall–Kier alpha value is -3.13. The summed E-state index contributed by atoms with van der Waals surface area (Å²) in [4.78, 5) is 26.4. The minimum atomic E-state index is -0.433. The van der Waals surface area contributed by atoms with E-state index in [0.29, 0.717) is 49.1 Å². The molecule has 1 fully saturated rings. The first-order chi connectivity index (χ1) is 14.0. The molecule has 0 spiro atoms. The highest BCUT2D eigenvalue weighted by Crippen LogP contribution is 2.29. The van der Waals surface area contributed by atoms with Crippen molar-refractivity contribution in [3.63, 3.8) is 0 Å². The maximum atomic E-state index is 13.4. The zero-order chi connectivity index (χ0) is 20.8.